The first kappa shape index (κ1) is 11.5. The fourth-order valence-electron chi connectivity index (χ4n) is 0.755. The summed E-state index contributed by atoms with van der Waals surface area (Å²) in [5.41, 5.74) is 0. The first-order valence-corrected chi connectivity index (χ1v) is 4.03. The van der Waals surface area contributed by atoms with Crippen molar-refractivity contribution < 1.29 is 14.7 Å². The van der Waals surface area contributed by atoms with Gasteiger partial charge in [0.25, 0.3) is 0 Å². The molecule has 0 heterocycles. The third-order valence-electron chi connectivity index (χ3n) is 1.42. The minimum Gasteiger partial charge on any atom is -0.481 e. The largest absolute Gasteiger partial charge is 0.481 e. The average molecular weight is 183 g/mol. The van der Waals surface area contributed by atoms with E-state index in [4.69, 9.17) is 11.5 Å². The topological polar surface area (TPSA) is 66.4 Å². The number of carbonyl (C=O) groups excluding carboxylic acids is 1. The van der Waals surface area contributed by atoms with Gasteiger partial charge in [-0.1, -0.05) is 5.92 Å². The molecule has 0 fully saturated rings. The summed E-state index contributed by atoms with van der Waals surface area (Å²) in [5, 5.41) is 10.8. The van der Waals surface area contributed by atoms with E-state index in [2.05, 4.69) is 11.2 Å². The number of hydrogen-bond donors (Lipinski definition) is 2. The van der Waals surface area contributed by atoms with Gasteiger partial charge in [-0.15, -0.1) is 6.42 Å². The van der Waals surface area contributed by atoms with Gasteiger partial charge in [0.15, 0.2) is 0 Å². The molecule has 0 aromatic carbocycles. The first-order valence-electron chi connectivity index (χ1n) is 4.03. The normalized spacial score (nSPS) is 11.4. The molecule has 1 atom stereocenters. The number of hydrogen-bond acceptors (Lipinski definition) is 2. The maximum Gasteiger partial charge on any atom is 0.303 e. The zero-order chi connectivity index (χ0) is 10.3. The maximum atomic E-state index is 11.0. The molecule has 13 heavy (non-hydrogen) atoms. The molecule has 1 unspecified atom stereocenters. The lowest BCUT2D eigenvalue weighted by atomic mass is 10.2. The second-order valence-electron chi connectivity index (χ2n) is 2.70. The third-order valence-corrected chi connectivity index (χ3v) is 1.42. The van der Waals surface area contributed by atoms with Gasteiger partial charge in [0.2, 0.25) is 5.91 Å². The smallest absolute Gasteiger partial charge is 0.303 e. The molecule has 0 aliphatic heterocycles. The van der Waals surface area contributed by atoms with E-state index >= 15 is 0 Å². The molecule has 0 aliphatic carbocycles. The van der Waals surface area contributed by atoms with Gasteiger partial charge in [-0.2, -0.15) is 0 Å². The second kappa shape index (κ2) is 6.06. The average Bonchev–Trinajstić information content (AvgIpc) is 2.03. The van der Waals surface area contributed by atoms with Crippen LogP contribution >= 0.6 is 0 Å². The molecule has 4 heteroatoms. The summed E-state index contributed by atoms with van der Waals surface area (Å²) in [5.74, 6) is 1.25. The molecular formula is C9H13NO3. The van der Waals surface area contributed by atoms with E-state index in [1.54, 1.807) is 6.92 Å². The Hall–Kier alpha value is -1.50. The number of carbonyl (C=O) groups is 2. The molecule has 0 saturated heterocycles. The Bertz CT molecular complexity index is 230. The summed E-state index contributed by atoms with van der Waals surface area (Å²) < 4.78 is 0. The molecule has 4 nitrogen and oxygen atoms in total. The van der Waals surface area contributed by atoms with Crippen molar-refractivity contribution in [2.45, 2.75) is 32.2 Å². The molecule has 0 aliphatic rings. The molecule has 0 aromatic heterocycles. The minimum atomic E-state index is -0.891. The van der Waals surface area contributed by atoms with Gasteiger partial charge < -0.3 is 10.4 Å². The van der Waals surface area contributed by atoms with Crippen molar-refractivity contribution in [3.05, 3.63) is 0 Å². The van der Waals surface area contributed by atoms with Gasteiger partial charge in [-0.3, -0.25) is 9.59 Å². The zero-order valence-corrected chi connectivity index (χ0v) is 7.54. The highest BCUT2D eigenvalue weighted by atomic mass is 16.4. The zero-order valence-electron chi connectivity index (χ0n) is 7.54. The Morgan fingerprint density at radius 2 is 2.15 bits per heavy atom. The molecule has 0 bridgehead atoms. The number of aliphatic carboxylic acids is 1. The lowest BCUT2D eigenvalue weighted by Gasteiger charge is -2.06. The van der Waals surface area contributed by atoms with Crippen molar-refractivity contribution in [3.63, 3.8) is 0 Å². The van der Waals surface area contributed by atoms with Crippen molar-refractivity contribution in [1.29, 1.82) is 0 Å². The predicted octanol–water partition coefficient (Wildman–Crippen LogP) is 0.379. The van der Waals surface area contributed by atoms with E-state index in [9.17, 15) is 9.59 Å². The summed E-state index contributed by atoms with van der Waals surface area (Å²) in [6.07, 6.45) is 5.60. The van der Waals surface area contributed by atoms with E-state index in [1.807, 2.05) is 0 Å². The van der Waals surface area contributed by atoms with Crippen LogP contribution in [0.1, 0.15) is 26.2 Å². The number of rotatable bonds is 5. The number of terminal acetylenes is 1. The van der Waals surface area contributed by atoms with Crippen LogP contribution in [-0.4, -0.2) is 23.0 Å². The van der Waals surface area contributed by atoms with Crippen molar-refractivity contribution in [1.82, 2.24) is 5.32 Å². The van der Waals surface area contributed by atoms with Crippen molar-refractivity contribution in [3.8, 4) is 12.3 Å². The molecule has 0 saturated carbocycles. The van der Waals surface area contributed by atoms with Crippen LogP contribution in [0.4, 0.5) is 0 Å². The lowest BCUT2D eigenvalue weighted by molar-refractivity contribution is -0.137. The van der Waals surface area contributed by atoms with Crippen LogP contribution < -0.4 is 5.32 Å². The summed E-state index contributed by atoms with van der Waals surface area (Å²) in [6, 6.07) is -0.294. The number of amides is 1. The molecule has 0 aromatic rings. The van der Waals surface area contributed by atoms with Crippen LogP contribution in [0.3, 0.4) is 0 Å². The van der Waals surface area contributed by atoms with Crippen LogP contribution in [0, 0.1) is 12.3 Å². The molecular weight excluding hydrogens is 170 g/mol. The van der Waals surface area contributed by atoms with Crippen LogP contribution in [0.5, 0.6) is 0 Å². The number of carboxylic acid groups (broad SMARTS) is 1. The highest BCUT2D eigenvalue weighted by Gasteiger charge is 2.05. The maximum absolute atomic E-state index is 11.0. The van der Waals surface area contributed by atoms with Crippen molar-refractivity contribution in [2.75, 3.05) is 0 Å². The van der Waals surface area contributed by atoms with E-state index in [0.717, 1.165) is 0 Å². The predicted molar refractivity (Wildman–Crippen MR) is 47.9 cm³/mol. The van der Waals surface area contributed by atoms with Crippen LogP contribution in [0.15, 0.2) is 0 Å². The van der Waals surface area contributed by atoms with Crippen LogP contribution in [0.25, 0.3) is 0 Å². The summed E-state index contributed by atoms with van der Waals surface area (Å²) >= 11 is 0. The molecule has 1 amide bonds. The Labute approximate surface area is 77.3 Å². The second-order valence-corrected chi connectivity index (χ2v) is 2.70. The quantitative estimate of drug-likeness (QED) is 0.605. The highest BCUT2D eigenvalue weighted by Crippen LogP contribution is 1.95. The molecule has 0 radical (unpaired) electrons. The molecule has 72 valence electrons. The van der Waals surface area contributed by atoms with Gasteiger partial charge in [0.1, 0.15) is 0 Å². The Morgan fingerprint density at radius 1 is 1.54 bits per heavy atom. The summed E-state index contributed by atoms with van der Waals surface area (Å²) in [7, 11) is 0. The van der Waals surface area contributed by atoms with Gasteiger partial charge in [-0.05, 0) is 13.3 Å². The molecule has 0 rings (SSSR count). The Kier molecular flexibility index (Phi) is 5.37. The molecule has 2 N–H and O–H groups in total. The van der Waals surface area contributed by atoms with E-state index < -0.39 is 5.97 Å². The minimum absolute atomic E-state index is 0.0118. The molecule has 0 spiro atoms. The number of nitrogens with one attached hydrogen (secondary N) is 1. The monoisotopic (exact) mass is 183 g/mol. The van der Waals surface area contributed by atoms with Crippen LogP contribution in [0.2, 0.25) is 0 Å². The number of carboxylic acids is 1. The Morgan fingerprint density at radius 3 is 2.62 bits per heavy atom. The highest BCUT2D eigenvalue weighted by molar-refractivity contribution is 5.77. The SMILES string of the molecule is C#CC(C)NC(=O)CCCC(=O)O. The van der Waals surface area contributed by atoms with E-state index in [0.29, 0.717) is 6.42 Å². The van der Waals surface area contributed by atoms with Crippen molar-refractivity contribution in [2.24, 2.45) is 0 Å². The van der Waals surface area contributed by atoms with Gasteiger partial charge in [-0.25, -0.2) is 0 Å². The first-order chi connectivity index (χ1) is 6.06. The third kappa shape index (κ3) is 6.88. The summed E-state index contributed by atoms with van der Waals surface area (Å²) in [4.78, 5) is 21.1. The summed E-state index contributed by atoms with van der Waals surface area (Å²) in [6.45, 7) is 1.69. The van der Waals surface area contributed by atoms with E-state index in [1.165, 1.54) is 0 Å². The fraction of sp³-hybridized carbons (Fsp3) is 0.556. The van der Waals surface area contributed by atoms with E-state index in [-0.39, 0.29) is 24.8 Å². The lowest BCUT2D eigenvalue weighted by Crippen LogP contribution is -2.31. The Balaban J connectivity index is 3.53. The van der Waals surface area contributed by atoms with Gasteiger partial charge in [0, 0.05) is 12.8 Å². The standard InChI is InChI=1S/C9H13NO3/c1-3-7(2)10-8(11)5-4-6-9(12)13/h1,7H,4-6H2,2H3,(H,10,11)(H,12,13). The van der Waals surface area contributed by atoms with Gasteiger partial charge in [0.05, 0.1) is 6.04 Å². The van der Waals surface area contributed by atoms with Crippen LogP contribution in [-0.2, 0) is 9.59 Å². The fourth-order valence-corrected chi connectivity index (χ4v) is 0.755. The van der Waals surface area contributed by atoms with Gasteiger partial charge >= 0.3 is 5.97 Å². The van der Waals surface area contributed by atoms with Crippen molar-refractivity contribution >= 4 is 11.9 Å².